The van der Waals surface area contributed by atoms with E-state index in [1.807, 2.05) is 24.3 Å². The molecular weight excluding hydrogens is 258 g/mol. The van der Waals surface area contributed by atoms with Crippen molar-refractivity contribution in [2.45, 2.75) is 6.54 Å². The van der Waals surface area contributed by atoms with Gasteiger partial charge in [0.2, 0.25) is 0 Å². The highest BCUT2D eigenvalue weighted by molar-refractivity contribution is 5.85. The van der Waals surface area contributed by atoms with Gasteiger partial charge in [0, 0.05) is 7.05 Å². The molecule has 1 aliphatic heterocycles. The van der Waals surface area contributed by atoms with Crippen molar-refractivity contribution in [3.05, 3.63) is 41.7 Å². The lowest BCUT2D eigenvalue weighted by atomic mass is 10.2. The van der Waals surface area contributed by atoms with Crippen LogP contribution < -0.4 is 9.64 Å². The minimum absolute atomic E-state index is 0.196. The minimum atomic E-state index is -0.964. The van der Waals surface area contributed by atoms with E-state index in [9.17, 15) is 4.79 Å². The van der Waals surface area contributed by atoms with Crippen LogP contribution in [0.4, 0.5) is 5.69 Å². The van der Waals surface area contributed by atoms with Gasteiger partial charge in [0.1, 0.15) is 18.1 Å². The average molecular weight is 273 g/mol. The van der Waals surface area contributed by atoms with Crippen LogP contribution in [0, 0.1) is 0 Å². The standard InChI is InChI=1S/C14H15N3O3/c1-16-12(14(18)19)8-10(15-16)9-17-6-7-20-13-5-3-2-4-11(13)17/h2-5,8H,6-7,9H2,1H3,(H,18,19). The lowest BCUT2D eigenvalue weighted by Gasteiger charge is -2.30. The summed E-state index contributed by atoms with van der Waals surface area (Å²) in [5.74, 6) is -0.109. The second-order valence-corrected chi connectivity index (χ2v) is 4.69. The fraction of sp³-hybridized carbons (Fsp3) is 0.286. The molecule has 104 valence electrons. The number of rotatable bonds is 3. The Hall–Kier alpha value is -2.50. The van der Waals surface area contributed by atoms with Crippen LogP contribution in [-0.2, 0) is 13.6 Å². The fourth-order valence-corrected chi connectivity index (χ4v) is 2.39. The molecule has 1 aliphatic rings. The van der Waals surface area contributed by atoms with E-state index in [2.05, 4.69) is 10.00 Å². The first-order valence-corrected chi connectivity index (χ1v) is 6.38. The zero-order chi connectivity index (χ0) is 14.1. The SMILES string of the molecule is Cn1nc(CN2CCOc3ccccc32)cc1C(=O)O. The number of fused-ring (bicyclic) bond motifs is 1. The zero-order valence-electron chi connectivity index (χ0n) is 11.1. The van der Waals surface area contributed by atoms with Gasteiger partial charge < -0.3 is 14.7 Å². The Kier molecular flexibility index (Phi) is 3.06. The van der Waals surface area contributed by atoms with Gasteiger partial charge in [-0.1, -0.05) is 12.1 Å². The summed E-state index contributed by atoms with van der Waals surface area (Å²) in [5, 5.41) is 13.3. The molecule has 3 rings (SSSR count). The largest absolute Gasteiger partial charge is 0.490 e. The predicted molar refractivity (Wildman–Crippen MR) is 73.2 cm³/mol. The van der Waals surface area contributed by atoms with Crippen LogP contribution in [-0.4, -0.2) is 34.0 Å². The van der Waals surface area contributed by atoms with Crippen molar-refractivity contribution in [2.75, 3.05) is 18.1 Å². The van der Waals surface area contributed by atoms with E-state index in [-0.39, 0.29) is 5.69 Å². The van der Waals surface area contributed by atoms with Gasteiger partial charge in [-0.2, -0.15) is 5.10 Å². The van der Waals surface area contributed by atoms with Crippen LogP contribution >= 0.6 is 0 Å². The van der Waals surface area contributed by atoms with Gasteiger partial charge in [-0.05, 0) is 18.2 Å². The Morgan fingerprint density at radius 1 is 1.45 bits per heavy atom. The van der Waals surface area contributed by atoms with Crippen LogP contribution in [0.1, 0.15) is 16.2 Å². The van der Waals surface area contributed by atoms with Crippen LogP contribution in [0.3, 0.4) is 0 Å². The van der Waals surface area contributed by atoms with Crippen LogP contribution in [0.5, 0.6) is 5.75 Å². The molecule has 0 amide bonds. The smallest absolute Gasteiger partial charge is 0.354 e. The first-order valence-electron chi connectivity index (χ1n) is 6.38. The van der Waals surface area contributed by atoms with Gasteiger partial charge in [0.15, 0.2) is 0 Å². The van der Waals surface area contributed by atoms with E-state index in [1.165, 1.54) is 4.68 Å². The Morgan fingerprint density at radius 2 is 2.25 bits per heavy atom. The molecule has 2 heterocycles. The van der Waals surface area contributed by atoms with E-state index in [1.54, 1.807) is 13.1 Å². The molecule has 0 atom stereocenters. The molecule has 6 heteroatoms. The molecular formula is C14H15N3O3. The minimum Gasteiger partial charge on any atom is -0.490 e. The topological polar surface area (TPSA) is 67.6 Å². The number of aromatic carboxylic acids is 1. The number of nitrogens with zero attached hydrogens (tertiary/aromatic N) is 3. The molecule has 6 nitrogen and oxygen atoms in total. The number of anilines is 1. The number of aryl methyl sites for hydroxylation is 1. The van der Waals surface area contributed by atoms with E-state index >= 15 is 0 Å². The van der Waals surface area contributed by atoms with Crippen molar-refractivity contribution in [1.82, 2.24) is 9.78 Å². The van der Waals surface area contributed by atoms with Crippen LogP contribution in [0.15, 0.2) is 30.3 Å². The maximum atomic E-state index is 11.0. The number of hydrogen-bond donors (Lipinski definition) is 1. The Bertz CT molecular complexity index is 651. The van der Waals surface area contributed by atoms with E-state index in [4.69, 9.17) is 9.84 Å². The predicted octanol–water partition coefficient (Wildman–Crippen LogP) is 1.52. The van der Waals surface area contributed by atoms with Gasteiger partial charge in [0.25, 0.3) is 0 Å². The highest BCUT2D eigenvalue weighted by atomic mass is 16.5. The van der Waals surface area contributed by atoms with Crippen LogP contribution in [0.2, 0.25) is 0 Å². The summed E-state index contributed by atoms with van der Waals surface area (Å²) in [6.07, 6.45) is 0. The van der Waals surface area contributed by atoms with Gasteiger partial charge in [-0.15, -0.1) is 0 Å². The molecule has 1 aromatic heterocycles. The van der Waals surface area contributed by atoms with Gasteiger partial charge >= 0.3 is 5.97 Å². The normalized spacial score (nSPS) is 13.8. The van der Waals surface area contributed by atoms with Gasteiger partial charge in [0.05, 0.1) is 24.5 Å². The van der Waals surface area contributed by atoms with Crippen molar-refractivity contribution < 1.29 is 14.6 Å². The molecule has 0 saturated carbocycles. The fourth-order valence-electron chi connectivity index (χ4n) is 2.39. The van der Waals surface area contributed by atoms with Gasteiger partial charge in [-0.3, -0.25) is 4.68 Å². The molecule has 0 saturated heterocycles. The molecule has 0 fully saturated rings. The number of carbonyl (C=O) groups is 1. The summed E-state index contributed by atoms with van der Waals surface area (Å²) in [6, 6.07) is 9.44. The first kappa shape index (κ1) is 12.5. The number of carboxylic acids is 1. The third-order valence-electron chi connectivity index (χ3n) is 3.33. The van der Waals surface area contributed by atoms with Crippen molar-refractivity contribution in [2.24, 2.45) is 7.05 Å². The average Bonchev–Trinajstić information content (AvgIpc) is 2.80. The number of para-hydroxylation sites is 2. The summed E-state index contributed by atoms with van der Waals surface area (Å²) >= 11 is 0. The lowest BCUT2D eigenvalue weighted by Crippen LogP contribution is -2.32. The van der Waals surface area contributed by atoms with Gasteiger partial charge in [-0.25, -0.2) is 4.79 Å². The molecule has 20 heavy (non-hydrogen) atoms. The third kappa shape index (κ3) is 2.20. The summed E-state index contributed by atoms with van der Waals surface area (Å²) in [5.41, 5.74) is 1.95. The number of ether oxygens (including phenoxy) is 1. The van der Waals surface area contributed by atoms with Crippen molar-refractivity contribution in [1.29, 1.82) is 0 Å². The van der Waals surface area contributed by atoms with E-state index < -0.39 is 5.97 Å². The number of aromatic nitrogens is 2. The highest BCUT2D eigenvalue weighted by Crippen LogP contribution is 2.31. The van der Waals surface area contributed by atoms with E-state index in [0.29, 0.717) is 13.2 Å². The van der Waals surface area contributed by atoms with Crippen LogP contribution in [0.25, 0.3) is 0 Å². The Labute approximate surface area is 116 Å². The third-order valence-corrected chi connectivity index (χ3v) is 3.33. The second-order valence-electron chi connectivity index (χ2n) is 4.69. The molecule has 0 unspecified atom stereocenters. The summed E-state index contributed by atoms with van der Waals surface area (Å²) in [4.78, 5) is 13.2. The maximum Gasteiger partial charge on any atom is 0.354 e. The monoisotopic (exact) mass is 273 g/mol. The quantitative estimate of drug-likeness (QED) is 0.918. The Morgan fingerprint density at radius 3 is 3.00 bits per heavy atom. The molecule has 0 bridgehead atoms. The molecule has 1 N–H and O–H groups in total. The number of hydrogen-bond acceptors (Lipinski definition) is 4. The summed E-state index contributed by atoms with van der Waals surface area (Å²) in [7, 11) is 1.64. The Balaban J connectivity index is 1.86. The molecule has 0 radical (unpaired) electrons. The number of carboxylic acid groups (broad SMARTS) is 1. The number of benzene rings is 1. The highest BCUT2D eigenvalue weighted by Gasteiger charge is 2.20. The van der Waals surface area contributed by atoms with Crippen molar-refractivity contribution in [3.63, 3.8) is 0 Å². The zero-order valence-corrected chi connectivity index (χ0v) is 11.1. The molecule has 0 spiro atoms. The van der Waals surface area contributed by atoms with E-state index in [0.717, 1.165) is 23.7 Å². The second kappa shape index (κ2) is 4.88. The first-order chi connectivity index (χ1) is 9.65. The van der Waals surface area contributed by atoms with Crippen molar-refractivity contribution >= 4 is 11.7 Å². The molecule has 1 aromatic carbocycles. The summed E-state index contributed by atoms with van der Waals surface area (Å²) < 4.78 is 6.99. The lowest BCUT2D eigenvalue weighted by molar-refractivity contribution is 0.0685. The van der Waals surface area contributed by atoms with Crippen molar-refractivity contribution in [3.8, 4) is 5.75 Å². The molecule has 2 aromatic rings. The maximum absolute atomic E-state index is 11.0. The summed E-state index contributed by atoms with van der Waals surface area (Å²) in [6.45, 7) is 1.95. The molecule has 0 aliphatic carbocycles.